The van der Waals surface area contributed by atoms with Crippen LogP contribution < -0.4 is 10.2 Å². The summed E-state index contributed by atoms with van der Waals surface area (Å²) in [6.07, 6.45) is 7.93. The minimum Gasteiger partial charge on any atom is -0.369 e. The molecule has 1 saturated heterocycles. The van der Waals surface area contributed by atoms with Gasteiger partial charge in [0.25, 0.3) is 0 Å². The lowest BCUT2D eigenvalue weighted by molar-refractivity contribution is 0.284. The van der Waals surface area contributed by atoms with Gasteiger partial charge in [0, 0.05) is 62.8 Å². The molecular formula is C30H34FN7. The highest BCUT2D eigenvalue weighted by atomic mass is 19.1. The van der Waals surface area contributed by atoms with Crippen molar-refractivity contribution in [2.75, 3.05) is 42.9 Å². The van der Waals surface area contributed by atoms with Crippen LogP contribution >= 0.6 is 0 Å². The van der Waals surface area contributed by atoms with E-state index in [9.17, 15) is 4.39 Å². The third-order valence-corrected chi connectivity index (χ3v) is 6.90. The topological polar surface area (TPSA) is 62.1 Å². The number of anilines is 2. The van der Waals surface area contributed by atoms with Crippen LogP contribution in [0, 0.1) is 26.6 Å². The molecule has 1 aliphatic heterocycles. The van der Waals surface area contributed by atoms with Gasteiger partial charge in [0.05, 0.1) is 11.9 Å². The summed E-state index contributed by atoms with van der Waals surface area (Å²) >= 11 is 0. The highest BCUT2D eigenvalue weighted by Gasteiger charge is 2.17. The summed E-state index contributed by atoms with van der Waals surface area (Å²) in [6, 6.07) is 15.5. The predicted molar refractivity (Wildman–Crippen MR) is 151 cm³/mol. The molecule has 0 radical (unpaired) electrons. The van der Waals surface area contributed by atoms with E-state index in [-0.39, 0.29) is 5.82 Å². The van der Waals surface area contributed by atoms with E-state index in [1.165, 1.54) is 11.1 Å². The van der Waals surface area contributed by atoms with Gasteiger partial charge in [-0.2, -0.15) is 10.1 Å². The molecule has 2 aromatic heterocycles. The summed E-state index contributed by atoms with van der Waals surface area (Å²) in [5, 5.41) is 7.88. The minimum absolute atomic E-state index is 0.169. The normalized spacial score (nSPS) is 14.4. The second-order valence-electron chi connectivity index (χ2n) is 9.85. The first-order chi connectivity index (χ1) is 18.4. The van der Waals surface area contributed by atoms with E-state index < -0.39 is 0 Å². The average Bonchev–Trinajstić information content (AvgIpc) is 3.28. The molecule has 7 nitrogen and oxygen atoms in total. The number of nitrogens with one attached hydrogen (secondary N) is 1. The number of piperazine rings is 1. The highest BCUT2D eigenvalue weighted by molar-refractivity contribution is 5.52. The van der Waals surface area contributed by atoms with Crippen molar-refractivity contribution in [2.24, 2.45) is 0 Å². The number of rotatable bonds is 8. The lowest BCUT2D eigenvalue weighted by atomic mass is 10.1. The molecule has 0 aliphatic carbocycles. The molecule has 0 spiro atoms. The number of hydrogen-bond acceptors (Lipinski definition) is 6. The molecule has 0 saturated carbocycles. The summed E-state index contributed by atoms with van der Waals surface area (Å²) < 4.78 is 15.6. The van der Waals surface area contributed by atoms with Crippen molar-refractivity contribution < 1.29 is 4.39 Å². The average molecular weight is 512 g/mol. The maximum atomic E-state index is 13.8. The van der Waals surface area contributed by atoms with Crippen molar-refractivity contribution in [2.45, 2.75) is 27.3 Å². The Labute approximate surface area is 223 Å². The van der Waals surface area contributed by atoms with Gasteiger partial charge in [-0.3, -0.25) is 4.90 Å². The SMILES string of the molecule is Cc1ccc(CNc2nccc(-n3ncc(/C=C/CN4CCN(c5cc(C)cc(F)c5)CC4)c3C)n2)cc1. The van der Waals surface area contributed by atoms with Crippen LogP contribution in [-0.2, 0) is 6.54 Å². The second kappa shape index (κ2) is 11.6. The van der Waals surface area contributed by atoms with Crippen molar-refractivity contribution in [3.8, 4) is 5.82 Å². The van der Waals surface area contributed by atoms with Crippen molar-refractivity contribution in [3.63, 3.8) is 0 Å². The monoisotopic (exact) mass is 511 g/mol. The Bertz CT molecular complexity index is 1380. The zero-order chi connectivity index (χ0) is 26.5. The lowest BCUT2D eigenvalue weighted by Crippen LogP contribution is -2.46. The molecule has 1 fully saturated rings. The molecule has 1 aliphatic rings. The van der Waals surface area contributed by atoms with Gasteiger partial charge in [0.2, 0.25) is 5.95 Å². The van der Waals surface area contributed by atoms with E-state index in [2.05, 4.69) is 79.6 Å². The van der Waals surface area contributed by atoms with Crippen LogP contribution in [0.4, 0.5) is 16.0 Å². The Balaban J connectivity index is 1.16. The Kier molecular flexibility index (Phi) is 7.79. The minimum atomic E-state index is -0.169. The van der Waals surface area contributed by atoms with E-state index in [1.807, 2.05) is 30.8 Å². The predicted octanol–water partition coefficient (Wildman–Crippen LogP) is 5.17. The first-order valence-corrected chi connectivity index (χ1v) is 13.0. The Morgan fingerprint density at radius 2 is 1.74 bits per heavy atom. The number of aromatic nitrogens is 4. The molecule has 5 rings (SSSR count). The van der Waals surface area contributed by atoms with Gasteiger partial charge in [0.1, 0.15) is 5.82 Å². The van der Waals surface area contributed by atoms with Gasteiger partial charge in [-0.1, -0.05) is 42.0 Å². The number of aryl methyl sites for hydroxylation is 2. The van der Waals surface area contributed by atoms with Gasteiger partial charge in [-0.25, -0.2) is 14.1 Å². The van der Waals surface area contributed by atoms with E-state index in [1.54, 1.807) is 18.3 Å². The van der Waals surface area contributed by atoms with Gasteiger partial charge < -0.3 is 10.2 Å². The number of benzene rings is 2. The van der Waals surface area contributed by atoms with E-state index in [0.29, 0.717) is 12.5 Å². The smallest absolute Gasteiger partial charge is 0.224 e. The lowest BCUT2D eigenvalue weighted by Gasteiger charge is -2.35. The summed E-state index contributed by atoms with van der Waals surface area (Å²) in [5.74, 6) is 1.13. The van der Waals surface area contributed by atoms with Crippen LogP contribution in [0.5, 0.6) is 0 Å². The van der Waals surface area contributed by atoms with Crippen LogP contribution in [0.25, 0.3) is 11.9 Å². The first-order valence-electron chi connectivity index (χ1n) is 13.0. The Morgan fingerprint density at radius 1 is 0.947 bits per heavy atom. The van der Waals surface area contributed by atoms with Crippen molar-refractivity contribution in [3.05, 3.63) is 101 Å². The molecule has 196 valence electrons. The number of nitrogens with zero attached hydrogens (tertiary/aromatic N) is 6. The quantitative estimate of drug-likeness (QED) is 0.352. The molecular weight excluding hydrogens is 477 g/mol. The fourth-order valence-electron chi connectivity index (χ4n) is 4.67. The molecule has 2 aromatic carbocycles. The first kappa shape index (κ1) is 25.6. The third kappa shape index (κ3) is 6.26. The fraction of sp³-hybridized carbons (Fsp3) is 0.300. The second-order valence-corrected chi connectivity index (χ2v) is 9.85. The van der Waals surface area contributed by atoms with Crippen LogP contribution in [0.3, 0.4) is 0 Å². The molecule has 38 heavy (non-hydrogen) atoms. The maximum absolute atomic E-state index is 13.8. The molecule has 4 aromatic rings. The summed E-state index contributed by atoms with van der Waals surface area (Å²) in [7, 11) is 0. The summed E-state index contributed by atoms with van der Waals surface area (Å²) in [6.45, 7) is 11.3. The van der Waals surface area contributed by atoms with Gasteiger partial charge in [-0.15, -0.1) is 0 Å². The van der Waals surface area contributed by atoms with Crippen molar-refractivity contribution >= 4 is 17.7 Å². The zero-order valence-electron chi connectivity index (χ0n) is 22.2. The molecule has 0 atom stereocenters. The molecule has 0 bridgehead atoms. The van der Waals surface area contributed by atoms with Crippen LogP contribution in [0.1, 0.15) is 27.9 Å². The van der Waals surface area contributed by atoms with Gasteiger partial charge in [-0.05, 0) is 50.1 Å². The van der Waals surface area contributed by atoms with Crippen LogP contribution in [0.2, 0.25) is 0 Å². The standard InChI is InChI=1S/C30H34FN7/c1-22-6-8-25(9-7-22)20-33-30-32-11-10-29(35-30)38-24(3)26(21-34-38)5-4-12-36-13-15-37(16-14-36)28-18-23(2)17-27(31)19-28/h4-11,17-19,21H,12-16,20H2,1-3H3,(H,32,33,35)/b5-4+. The Hall–Kier alpha value is -4.04. The molecule has 0 unspecified atom stereocenters. The van der Waals surface area contributed by atoms with E-state index in [0.717, 1.165) is 61.0 Å². The maximum Gasteiger partial charge on any atom is 0.224 e. The van der Waals surface area contributed by atoms with Gasteiger partial charge >= 0.3 is 0 Å². The molecule has 1 N–H and O–H groups in total. The van der Waals surface area contributed by atoms with Gasteiger partial charge in [0.15, 0.2) is 5.82 Å². The van der Waals surface area contributed by atoms with Crippen LogP contribution in [-0.4, -0.2) is 57.4 Å². The molecule has 3 heterocycles. The summed E-state index contributed by atoms with van der Waals surface area (Å²) in [4.78, 5) is 13.7. The van der Waals surface area contributed by atoms with Crippen molar-refractivity contribution in [1.82, 2.24) is 24.6 Å². The summed E-state index contributed by atoms with van der Waals surface area (Å²) in [5.41, 5.74) is 6.43. The fourth-order valence-corrected chi connectivity index (χ4v) is 4.67. The molecule has 8 heteroatoms. The van der Waals surface area contributed by atoms with E-state index in [4.69, 9.17) is 0 Å². The van der Waals surface area contributed by atoms with Crippen molar-refractivity contribution in [1.29, 1.82) is 0 Å². The van der Waals surface area contributed by atoms with Crippen LogP contribution in [0.15, 0.2) is 67.0 Å². The third-order valence-electron chi connectivity index (χ3n) is 6.90. The number of halogens is 1. The zero-order valence-corrected chi connectivity index (χ0v) is 22.2. The highest BCUT2D eigenvalue weighted by Crippen LogP contribution is 2.20. The number of hydrogen-bond donors (Lipinski definition) is 1. The molecule has 0 amide bonds. The largest absolute Gasteiger partial charge is 0.369 e. The Morgan fingerprint density at radius 3 is 2.50 bits per heavy atom. The van der Waals surface area contributed by atoms with E-state index >= 15 is 0 Å².